The monoisotopic (exact) mass is 278 g/mol. The van der Waals surface area contributed by atoms with E-state index in [9.17, 15) is 8.78 Å². The molecule has 0 radical (unpaired) electrons. The zero-order chi connectivity index (χ0) is 13.6. The van der Waals surface area contributed by atoms with Gasteiger partial charge in [0.05, 0.1) is 6.54 Å². The van der Waals surface area contributed by atoms with E-state index in [1.54, 1.807) is 17.0 Å². The minimum Gasteiger partial charge on any atom is -0.322 e. The van der Waals surface area contributed by atoms with Crippen molar-refractivity contribution in [3.05, 3.63) is 64.2 Å². The average Bonchev–Trinajstić information content (AvgIpc) is 2.66. The number of hydrogen-bond acceptors (Lipinski definition) is 1. The lowest BCUT2D eigenvalue weighted by molar-refractivity contribution is 0.627. The highest BCUT2D eigenvalue weighted by atomic mass is 35.5. The Hall–Kier alpha value is -1.94. The summed E-state index contributed by atoms with van der Waals surface area (Å²) in [5, 5.41) is 8.33. The third kappa shape index (κ3) is 2.08. The van der Waals surface area contributed by atoms with E-state index in [1.807, 2.05) is 0 Å². The van der Waals surface area contributed by atoms with Crippen LogP contribution in [-0.4, -0.2) is 5.84 Å². The van der Waals surface area contributed by atoms with Crippen molar-refractivity contribution < 1.29 is 8.78 Å². The van der Waals surface area contributed by atoms with Crippen molar-refractivity contribution >= 4 is 23.1 Å². The largest absolute Gasteiger partial charge is 0.322 e. The molecule has 0 spiro atoms. The molecule has 1 N–H and O–H groups in total. The maximum Gasteiger partial charge on any atom is 0.133 e. The standard InChI is InChI=1S/C14H9ClF2N2/c15-9-3-11(17)5-12(4-9)19-7-8-1-2-10(16)6-13(8)14(19)18/h1-6,18H,7H2. The van der Waals surface area contributed by atoms with Gasteiger partial charge in [0.2, 0.25) is 0 Å². The highest BCUT2D eigenvalue weighted by Crippen LogP contribution is 2.30. The first kappa shape index (κ1) is 12.1. The molecular formula is C14H9ClF2N2. The van der Waals surface area contributed by atoms with Crippen molar-refractivity contribution in [2.24, 2.45) is 0 Å². The van der Waals surface area contributed by atoms with Crippen LogP contribution in [0.25, 0.3) is 0 Å². The predicted molar refractivity (Wildman–Crippen MR) is 70.8 cm³/mol. The van der Waals surface area contributed by atoms with Crippen LogP contribution < -0.4 is 4.90 Å². The van der Waals surface area contributed by atoms with Crippen LogP contribution in [0.1, 0.15) is 11.1 Å². The second kappa shape index (κ2) is 4.31. The van der Waals surface area contributed by atoms with Crippen LogP contribution in [0.15, 0.2) is 36.4 Å². The van der Waals surface area contributed by atoms with Crippen LogP contribution in [0.4, 0.5) is 14.5 Å². The van der Waals surface area contributed by atoms with Crippen molar-refractivity contribution in [3.63, 3.8) is 0 Å². The molecule has 0 unspecified atom stereocenters. The second-order valence-electron chi connectivity index (χ2n) is 4.36. The van der Waals surface area contributed by atoms with Gasteiger partial charge in [-0.05, 0) is 35.9 Å². The minimum atomic E-state index is -0.461. The minimum absolute atomic E-state index is 0.149. The summed E-state index contributed by atoms with van der Waals surface area (Å²) in [4.78, 5) is 1.60. The van der Waals surface area contributed by atoms with Gasteiger partial charge in [-0.3, -0.25) is 5.41 Å². The molecule has 0 amide bonds. The normalized spacial score (nSPS) is 13.8. The average molecular weight is 279 g/mol. The van der Waals surface area contributed by atoms with Crippen LogP contribution in [0.5, 0.6) is 0 Å². The van der Waals surface area contributed by atoms with Crippen molar-refractivity contribution in [1.29, 1.82) is 5.41 Å². The fraction of sp³-hybridized carbons (Fsp3) is 0.0714. The first-order valence-corrected chi connectivity index (χ1v) is 6.03. The Bertz CT molecular complexity index is 665. The van der Waals surface area contributed by atoms with Crippen molar-refractivity contribution in [2.75, 3.05) is 4.90 Å². The molecular weight excluding hydrogens is 270 g/mol. The van der Waals surface area contributed by atoms with E-state index in [4.69, 9.17) is 17.0 Å². The summed E-state index contributed by atoms with van der Waals surface area (Å²) in [7, 11) is 0. The quantitative estimate of drug-likeness (QED) is 0.840. The molecule has 1 heterocycles. The van der Waals surface area contributed by atoms with Gasteiger partial charge in [-0.25, -0.2) is 8.78 Å². The number of fused-ring (bicyclic) bond motifs is 1. The highest BCUT2D eigenvalue weighted by molar-refractivity contribution is 6.31. The van der Waals surface area contributed by atoms with E-state index in [1.165, 1.54) is 24.3 Å². The van der Waals surface area contributed by atoms with Crippen LogP contribution in [-0.2, 0) is 6.54 Å². The fourth-order valence-electron chi connectivity index (χ4n) is 2.22. The van der Waals surface area contributed by atoms with Crippen LogP contribution in [0.3, 0.4) is 0 Å². The van der Waals surface area contributed by atoms with Gasteiger partial charge < -0.3 is 4.90 Å². The smallest absolute Gasteiger partial charge is 0.133 e. The van der Waals surface area contributed by atoms with Gasteiger partial charge in [-0.15, -0.1) is 0 Å². The number of nitrogens with zero attached hydrogens (tertiary/aromatic N) is 1. The molecule has 1 aliphatic heterocycles. The molecule has 3 rings (SSSR count). The van der Waals surface area contributed by atoms with E-state index >= 15 is 0 Å². The maximum absolute atomic E-state index is 13.4. The van der Waals surface area contributed by atoms with E-state index in [-0.39, 0.29) is 16.7 Å². The fourth-order valence-corrected chi connectivity index (χ4v) is 2.43. The van der Waals surface area contributed by atoms with Gasteiger partial charge in [0.25, 0.3) is 0 Å². The van der Waals surface area contributed by atoms with Crippen LogP contribution in [0, 0.1) is 17.0 Å². The van der Waals surface area contributed by atoms with Gasteiger partial charge in [0.15, 0.2) is 0 Å². The molecule has 2 nitrogen and oxygen atoms in total. The summed E-state index contributed by atoms with van der Waals surface area (Å²) in [5.41, 5.74) is 1.86. The van der Waals surface area contributed by atoms with Gasteiger partial charge in [0, 0.05) is 16.3 Å². The molecule has 0 aliphatic carbocycles. The zero-order valence-electron chi connectivity index (χ0n) is 9.75. The maximum atomic E-state index is 13.4. The third-order valence-corrected chi connectivity index (χ3v) is 3.30. The molecule has 19 heavy (non-hydrogen) atoms. The predicted octanol–water partition coefficient (Wildman–Crippen LogP) is 3.96. The molecule has 2 aromatic rings. The summed E-state index contributed by atoms with van der Waals surface area (Å²) in [5.74, 6) is -0.698. The highest BCUT2D eigenvalue weighted by Gasteiger charge is 2.26. The van der Waals surface area contributed by atoms with Gasteiger partial charge in [-0.1, -0.05) is 17.7 Å². The Morgan fingerprint density at radius 2 is 1.84 bits per heavy atom. The molecule has 0 aromatic heterocycles. The SMILES string of the molecule is N=C1c2cc(F)ccc2CN1c1cc(F)cc(Cl)c1. The van der Waals surface area contributed by atoms with Crippen molar-refractivity contribution in [3.8, 4) is 0 Å². The number of halogens is 3. The summed E-state index contributed by atoms with van der Waals surface area (Å²) in [6.45, 7) is 0.411. The lowest BCUT2D eigenvalue weighted by atomic mass is 10.1. The Morgan fingerprint density at radius 3 is 2.58 bits per heavy atom. The summed E-state index contributed by atoms with van der Waals surface area (Å²) in [6, 6.07) is 8.41. The lowest BCUT2D eigenvalue weighted by Crippen LogP contribution is -2.23. The molecule has 0 fully saturated rings. The van der Waals surface area contributed by atoms with Crippen molar-refractivity contribution in [1.82, 2.24) is 0 Å². The number of amidine groups is 1. The molecule has 0 bridgehead atoms. The second-order valence-corrected chi connectivity index (χ2v) is 4.80. The molecule has 5 heteroatoms. The van der Waals surface area contributed by atoms with Gasteiger partial charge in [-0.2, -0.15) is 0 Å². The molecule has 2 aromatic carbocycles. The molecule has 0 atom stereocenters. The molecule has 1 aliphatic rings. The van der Waals surface area contributed by atoms with Crippen molar-refractivity contribution in [2.45, 2.75) is 6.54 Å². The number of rotatable bonds is 1. The lowest BCUT2D eigenvalue weighted by Gasteiger charge is -2.18. The Kier molecular flexibility index (Phi) is 2.75. The number of hydrogen-bond donors (Lipinski definition) is 1. The Balaban J connectivity index is 2.04. The topological polar surface area (TPSA) is 27.1 Å². The van der Waals surface area contributed by atoms with E-state index in [2.05, 4.69) is 0 Å². The van der Waals surface area contributed by atoms with Gasteiger partial charge in [0.1, 0.15) is 17.5 Å². The molecule has 96 valence electrons. The van der Waals surface area contributed by atoms with Crippen LogP contribution >= 0.6 is 11.6 Å². The molecule has 0 saturated carbocycles. The third-order valence-electron chi connectivity index (χ3n) is 3.08. The zero-order valence-corrected chi connectivity index (χ0v) is 10.5. The number of nitrogens with one attached hydrogen (secondary N) is 1. The Labute approximate surface area is 113 Å². The number of benzene rings is 2. The van der Waals surface area contributed by atoms with Gasteiger partial charge >= 0.3 is 0 Å². The summed E-state index contributed by atoms with van der Waals surface area (Å²) in [6.07, 6.45) is 0. The summed E-state index contributed by atoms with van der Waals surface area (Å²) < 4.78 is 26.6. The first-order chi connectivity index (χ1) is 9.04. The van der Waals surface area contributed by atoms with Crippen LogP contribution in [0.2, 0.25) is 5.02 Å². The van der Waals surface area contributed by atoms with E-state index in [0.717, 1.165) is 5.56 Å². The van der Waals surface area contributed by atoms with E-state index < -0.39 is 5.82 Å². The molecule has 0 saturated heterocycles. The Morgan fingerprint density at radius 1 is 1.05 bits per heavy atom. The van der Waals surface area contributed by atoms with E-state index in [0.29, 0.717) is 17.8 Å². The number of anilines is 1. The first-order valence-electron chi connectivity index (χ1n) is 5.65. The summed E-state index contributed by atoms with van der Waals surface area (Å²) >= 11 is 5.82.